The number of hydrogen-bond donors (Lipinski definition) is 0. The molecule has 1 aromatic carbocycles. The lowest BCUT2D eigenvalue weighted by Gasteiger charge is -2.39. The van der Waals surface area contributed by atoms with Crippen molar-refractivity contribution in [1.82, 2.24) is 14.8 Å². The molecule has 0 amide bonds. The van der Waals surface area contributed by atoms with Gasteiger partial charge < -0.3 is 14.5 Å². The third kappa shape index (κ3) is 4.66. The second-order valence-electron chi connectivity index (χ2n) is 7.82. The quantitative estimate of drug-likeness (QED) is 0.726. The lowest BCUT2D eigenvalue weighted by atomic mass is 10.2. The summed E-state index contributed by atoms with van der Waals surface area (Å²) in [7, 11) is 1.74. The van der Waals surface area contributed by atoms with E-state index in [-0.39, 0.29) is 0 Å². The number of hydrogen-bond acceptors (Lipinski definition) is 7. The molecule has 2 aliphatic rings. The zero-order chi connectivity index (χ0) is 20.8. The van der Waals surface area contributed by atoms with Crippen LogP contribution in [0.25, 0.3) is 0 Å². The first-order valence-corrected chi connectivity index (χ1v) is 10.7. The van der Waals surface area contributed by atoms with Gasteiger partial charge in [0, 0.05) is 71.6 Å². The first-order chi connectivity index (χ1) is 14.8. The maximum Gasteiger partial charge on any atom is 0.146 e. The summed E-state index contributed by atoms with van der Waals surface area (Å²) in [6.07, 6.45) is 1.77. The summed E-state index contributed by atoms with van der Waals surface area (Å²) < 4.78 is 5.52. The number of pyridine rings is 1. The minimum absolute atomic E-state index is 0.666. The van der Waals surface area contributed by atoms with Gasteiger partial charge in [-0.1, -0.05) is 12.1 Å². The van der Waals surface area contributed by atoms with Gasteiger partial charge in [-0.2, -0.15) is 5.26 Å². The van der Waals surface area contributed by atoms with Crippen LogP contribution in [0.2, 0.25) is 0 Å². The number of rotatable bonds is 6. The van der Waals surface area contributed by atoms with Gasteiger partial charge in [0.05, 0.1) is 18.4 Å². The van der Waals surface area contributed by atoms with E-state index in [0.717, 1.165) is 77.0 Å². The normalized spacial score (nSPS) is 18.3. The molecule has 3 heterocycles. The standard InChI is InChI=1S/C23H30N6O/c1-30-22-7-3-2-6-21(22)28-15-11-26(12-16-28)9-10-27-13-17-29(18-14-27)23-20(19-24)5-4-8-25-23/h2-8H,9-18H2,1H3. The minimum Gasteiger partial charge on any atom is -0.495 e. The number of aromatic nitrogens is 1. The van der Waals surface area contributed by atoms with E-state index in [1.54, 1.807) is 13.3 Å². The molecule has 0 saturated carbocycles. The summed E-state index contributed by atoms with van der Waals surface area (Å²) in [5.74, 6) is 1.78. The highest BCUT2D eigenvalue weighted by Crippen LogP contribution is 2.28. The van der Waals surface area contributed by atoms with Crippen LogP contribution in [-0.2, 0) is 0 Å². The van der Waals surface area contributed by atoms with Gasteiger partial charge in [-0.15, -0.1) is 0 Å². The number of anilines is 2. The van der Waals surface area contributed by atoms with Crippen LogP contribution < -0.4 is 14.5 Å². The molecule has 0 N–H and O–H groups in total. The van der Waals surface area contributed by atoms with Crippen LogP contribution in [-0.4, -0.2) is 87.3 Å². The molecule has 7 nitrogen and oxygen atoms in total. The van der Waals surface area contributed by atoms with Crippen molar-refractivity contribution in [2.75, 3.05) is 82.4 Å². The summed E-state index contributed by atoms with van der Waals surface area (Å²) in [5, 5.41) is 9.31. The van der Waals surface area contributed by atoms with Crippen LogP contribution in [0, 0.1) is 11.3 Å². The molecule has 4 rings (SSSR count). The molecule has 158 valence electrons. The largest absolute Gasteiger partial charge is 0.495 e. The number of para-hydroxylation sites is 2. The number of benzene rings is 1. The minimum atomic E-state index is 0.666. The molecule has 0 aliphatic carbocycles. The molecule has 2 aromatic rings. The molecule has 2 fully saturated rings. The highest BCUT2D eigenvalue weighted by Gasteiger charge is 2.22. The molecule has 7 heteroatoms. The summed E-state index contributed by atoms with van der Waals surface area (Å²) in [4.78, 5) is 14.2. The van der Waals surface area contributed by atoms with Gasteiger partial charge in [-0.25, -0.2) is 4.98 Å². The Morgan fingerprint density at radius 1 is 0.867 bits per heavy atom. The van der Waals surface area contributed by atoms with Crippen molar-refractivity contribution in [3.8, 4) is 11.8 Å². The van der Waals surface area contributed by atoms with Crippen LogP contribution in [0.4, 0.5) is 11.5 Å². The van der Waals surface area contributed by atoms with E-state index in [2.05, 4.69) is 42.8 Å². The van der Waals surface area contributed by atoms with Gasteiger partial charge in [0.25, 0.3) is 0 Å². The molecular weight excluding hydrogens is 376 g/mol. The second kappa shape index (κ2) is 9.79. The van der Waals surface area contributed by atoms with Crippen molar-refractivity contribution in [1.29, 1.82) is 5.26 Å². The van der Waals surface area contributed by atoms with Gasteiger partial charge in [-0.05, 0) is 24.3 Å². The number of ether oxygens (including phenoxy) is 1. The third-order valence-electron chi connectivity index (χ3n) is 6.11. The highest BCUT2D eigenvalue weighted by atomic mass is 16.5. The molecule has 2 aliphatic heterocycles. The Morgan fingerprint density at radius 2 is 1.50 bits per heavy atom. The van der Waals surface area contributed by atoms with Gasteiger partial charge in [0.1, 0.15) is 17.6 Å². The summed E-state index contributed by atoms with van der Waals surface area (Å²) in [6.45, 7) is 10.3. The molecule has 2 saturated heterocycles. The Bertz CT molecular complexity index is 866. The lowest BCUT2D eigenvalue weighted by Crippen LogP contribution is -2.51. The number of methoxy groups -OCH3 is 1. The Kier molecular flexibility index (Phi) is 6.67. The first-order valence-electron chi connectivity index (χ1n) is 10.7. The zero-order valence-corrected chi connectivity index (χ0v) is 17.7. The molecule has 0 bridgehead atoms. The zero-order valence-electron chi connectivity index (χ0n) is 17.7. The molecule has 30 heavy (non-hydrogen) atoms. The fourth-order valence-electron chi connectivity index (χ4n) is 4.31. The molecule has 1 aromatic heterocycles. The predicted octanol–water partition coefficient (Wildman–Crippen LogP) is 1.91. The Morgan fingerprint density at radius 3 is 2.13 bits per heavy atom. The van der Waals surface area contributed by atoms with E-state index in [1.165, 1.54) is 5.69 Å². The Labute approximate surface area is 179 Å². The van der Waals surface area contributed by atoms with Crippen molar-refractivity contribution in [3.05, 3.63) is 48.2 Å². The van der Waals surface area contributed by atoms with Gasteiger partial charge >= 0.3 is 0 Å². The molecule has 0 radical (unpaired) electrons. The Balaban J connectivity index is 1.21. The number of nitrogens with zero attached hydrogens (tertiary/aromatic N) is 6. The monoisotopic (exact) mass is 406 g/mol. The predicted molar refractivity (Wildman–Crippen MR) is 119 cm³/mol. The summed E-state index contributed by atoms with van der Waals surface area (Å²) in [5.41, 5.74) is 1.86. The fraction of sp³-hybridized carbons (Fsp3) is 0.478. The number of piperazine rings is 2. The Hall–Kier alpha value is -2.82. The lowest BCUT2D eigenvalue weighted by molar-refractivity contribution is 0.190. The second-order valence-corrected chi connectivity index (χ2v) is 7.82. The van der Waals surface area contributed by atoms with Gasteiger partial charge in [0.2, 0.25) is 0 Å². The van der Waals surface area contributed by atoms with E-state index in [1.807, 2.05) is 24.3 Å². The van der Waals surface area contributed by atoms with E-state index in [9.17, 15) is 5.26 Å². The maximum atomic E-state index is 9.31. The van der Waals surface area contributed by atoms with Crippen LogP contribution in [0.15, 0.2) is 42.6 Å². The maximum absolute atomic E-state index is 9.31. The van der Waals surface area contributed by atoms with Crippen molar-refractivity contribution in [2.45, 2.75) is 0 Å². The third-order valence-corrected chi connectivity index (χ3v) is 6.11. The van der Waals surface area contributed by atoms with Crippen molar-refractivity contribution < 1.29 is 4.74 Å². The smallest absolute Gasteiger partial charge is 0.146 e. The van der Waals surface area contributed by atoms with E-state index in [0.29, 0.717) is 5.56 Å². The topological polar surface area (TPSA) is 58.9 Å². The molecular formula is C23H30N6O. The fourth-order valence-corrected chi connectivity index (χ4v) is 4.31. The van der Waals surface area contributed by atoms with Gasteiger partial charge in [-0.3, -0.25) is 9.80 Å². The van der Waals surface area contributed by atoms with Crippen LogP contribution in [0.5, 0.6) is 5.75 Å². The SMILES string of the molecule is COc1ccccc1N1CCN(CCN2CCN(c3ncccc3C#N)CC2)CC1. The average Bonchev–Trinajstić information content (AvgIpc) is 2.83. The first kappa shape index (κ1) is 20.5. The van der Waals surface area contributed by atoms with E-state index in [4.69, 9.17) is 4.74 Å². The van der Waals surface area contributed by atoms with Crippen molar-refractivity contribution >= 4 is 11.5 Å². The molecule has 0 atom stereocenters. The summed E-state index contributed by atoms with van der Waals surface area (Å²) in [6, 6.07) is 14.2. The summed E-state index contributed by atoms with van der Waals surface area (Å²) >= 11 is 0. The van der Waals surface area contributed by atoms with Crippen LogP contribution >= 0.6 is 0 Å². The number of nitriles is 1. The average molecular weight is 407 g/mol. The molecule has 0 unspecified atom stereocenters. The van der Waals surface area contributed by atoms with Crippen LogP contribution in [0.3, 0.4) is 0 Å². The molecule has 0 spiro atoms. The van der Waals surface area contributed by atoms with Crippen LogP contribution in [0.1, 0.15) is 5.56 Å². The highest BCUT2D eigenvalue weighted by molar-refractivity contribution is 5.58. The van der Waals surface area contributed by atoms with E-state index < -0.39 is 0 Å². The van der Waals surface area contributed by atoms with E-state index >= 15 is 0 Å². The van der Waals surface area contributed by atoms with Crippen molar-refractivity contribution in [3.63, 3.8) is 0 Å². The van der Waals surface area contributed by atoms with Gasteiger partial charge in [0.15, 0.2) is 0 Å². The van der Waals surface area contributed by atoms with Crippen molar-refractivity contribution in [2.24, 2.45) is 0 Å².